The van der Waals surface area contributed by atoms with Crippen LogP contribution in [0.3, 0.4) is 0 Å². The molecule has 1 aliphatic rings. The Kier molecular flexibility index (Phi) is 4.96. The zero-order valence-electron chi connectivity index (χ0n) is 17.5. The van der Waals surface area contributed by atoms with Gasteiger partial charge in [0.2, 0.25) is 0 Å². The molecule has 1 saturated heterocycles. The maximum Gasteiger partial charge on any atom is 0.256 e. The van der Waals surface area contributed by atoms with Gasteiger partial charge in [-0.25, -0.2) is 0 Å². The van der Waals surface area contributed by atoms with E-state index in [1.165, 1.54) is 11.3 Å². The fourth-order valence-electron chi connectivity index (χ4n) is 4.06. The number of hydrogen-bond donors (Lipinski definition) is 1. The Morgan fingerprint density at radius 2 is 1.71 bits per heavy atom. The predicted molar refractivity (Wildman–Crippen MR) is 127 cm³/mol. The molecule has 5 nitrogen and oxygen atoms in total. The van der Waals surface area contributed by atoms with Crippen molar-refractivity contribution in [1.82, 2.24) is 9.47 Å². The van der Waals surface area contributed by atoms with Crippen LogP contribution < -0.4 is 10.9 Å². The summed E-state index contributed by atoms with van der Waals surface area (Å²) in [6.45, 7) is 3.88. The van der Waals surface area contributed by atoms with Crippen molar-refractivity contribution in [3.63, 3.8) is 0 Å². The third-order valence-corrected chi connectivity index (χ3v) is 6.82. The van der Waals surface area contributed by atoms with E-state index in [9.17, 15) is 9.59 Å². The number of fused-ring (bicyclic) bond motifs is 1. The Balaban J connectivity index is 1.71. The number of pyridine rings is 1. The maximum atomic E-state index is 13.5. The van der Waals surface area contributed by atoms with Crippen molar-refractivity contribution in [1.29, 1.82) is 0 Å². The molecule has 2 aromatic carbocycles. The highest BCUT2D eigenvalue weighted by Crippen LogP contribution is 2.38. The summed E-state index contributed by atoms with van der Waals surface area (Å²) in [7, 11) is 2.08. The number of ketones is 1. The average molecular weight is 430 g/mol. The molecule has 1 fully saturated rings. The Labute approximate surface area is 184 Å². The molecule has 0 bridgehead atoms. The van der Waals surface area contributed by atoms with E-state index in [0.29, 0.717) is 17.2 Å². The summed E-state index contributed by atoms with van der Waals surface area (Å²) in [5.41, 5.74) is 3.11. The van der Waals surface area contributed by atoms with Crippen LogP contribution >= 0.6 is 11.3 Å². The van der Waals surface area contributed by atoms with Crippen molar-refractivity contribution in [3.8, 4) is 5.69 Å². The van der Waals surface area contributed by atoms with Crippen LogP contribution in [0.5, 0.6) is 0 Å². The Bertz CT molecular complexity index is 1320. The Morgan fingerprint density at radius 3 is 2.39 bits per heavy atom. The number of nitrogens with zero attached hydrogens (tertiary/aromatic N) is 2. The van der Waals surface area contributed by atoms with Crippen molar-refractivity contribution < 1.29 is 4.79 Å². The van der Waals surface area contributed by atoms with Gasteiger partial charge in [-0.05, 0) is 32.2 Å². The van der Waals surface area contributed by atoms with Gasteiger partial charge in [-0.15, -0.1) is 0 Å². The van der Waals surface area contributed by atoms with Gasteiger partial charge >= 0.3 is 0 Å². The second-order valence-electron chi connectivity index (χ2n) is 8.13. The molecule has 4 aromatic rings. The van der Waals surface area contributed by atoms with Crippen molar-refractivity contribution in [2.45, 2.75) is 13.0 Å². The number of rotatable bonds is 5. The number of aryl methyl sites for hydroxylation is 1. The largest absolute Gasteiger partial charge is 0.371 e. The molecule has 0 aliphatic carbocycles. The smallest absolute Gasteiger partial charge is 0.256 e. The van der Waals surface area contributed by atoms with Crippen LogP contribution in [0.15, 0.2) is 71.5 Å². The van der Waals surface area contributed by atoms with E-state index < -0.39 is 0 Å². The predicted octanol–water partition coefficient (Wildman–Crippen LogP) is 4.32. The summed E-state index contributed by atoms with van der Waals surface area (Å²) in [5.74, 6) is -0.0314. The first-order valence-electron chi connectivity index (χ1n) is 10.3. The number of carbonyl (C=O) groups is 1. The van der Waals surface area contributed by atoms with Crippen LogP contribution in [0.25, 0.3) is 15.9 Å². The van der Waals surface area contributed by atoms with E-state index >= 15 is 0 Å². The molecule has 156 valence electrons. The molecule has 0 unspecified atom stereocenters. The third kappa shape index (κ3) is 3.58. The zero-order chi connectivity index (χ0) is 21.5. The molecule has 2 aromatic heterocycles. The number of aromatic nitrogens is 1. The van der Waals surface area contributed by atoms with Crippen molar-refractivity contribution >= 4 is 32.3 Å². The molecule has 0 radical (unpaired) electrons. The van der Waals surface area contributed by atoms with Gasteiger partial charge in [-0.3, -0.25) is 14.2 Å². The second kappa shape index (κ2) is 7.80. The van der Waals surface area contributed by atoms with E-state index in [2.05, 4.69) is 17.3 Å². The number of nitrogens with one attached hydrogen (secondary N) is 1. The number of carbonyl (C=O) groups excluding carboxylic acids is 1. The first-order chi connectivity index (χ1) is 15.0. The summed E-state index contributed by atoms with van der Waals surface area (Å²) in [6, 6.07) is 20.8. The lowest BCUT2D eigenvalue weighted by Crippen LogP contribution is -2.52. The summed E-state index contributed by atoms with van der Waals surface area (Å²) in [6.07, 6.45) is 0. The minimum Gasteiger partial charge on any atom is -0.371 e. The van der Waals surface area contributed by atoms with E-state index in [0.717, 1.165) is 39.6 Å². The first kappa shape index (κ1) is 19.7. The van der Waals surface area contributed by atoms with Crippen LogP contribution in [-0.4, -0.2) is 41.4 Å². The molecule has 1 N–H and O–H groups in total. The monoisotopic (exact) mass is 429 g/mol. The Morgan fingerprint density at radius 1 is 1.00 bits per heavy atom. The van der Waals surface area contributed by atoms with E-state index in [1.54, 1.807) is 16.7 Å². The van der Waals surface area contributed by atoms with Gasteiger partial charge in [0, 0.05) is 30.1 Å². The number of thiophene rings is 1. The SMILES string of the molecule is Cc1ccc(-n2c(=O)ccc3c(C(=O)c4ccccc4)c(NC4CN(C)C4)sc32)cc1. The first-order valence-corrected chi connectivity index (χ1v) is 11.1. The van der Waals surface area contributed by atoms with Crippen molar-refractivity contribution in [2.24, 2.45) is 0 Å². The third-order valence-electron chi connectivity index (χ3n) is 5.70. The van der Waals surface area contributed by atoms with E-state index in [1.807, 2.05) is 61.5 Å². The number of likely N-dealkylation sites (tertiary alicyclic amines) is 1. The standard InChI is InChI=1S/C25H23N3O2S/c1-16-8-10-19(11-9-16)28-21(29)13-12-20-22(23(30)17-6-4-3-5-7-17)24(31-25(20)28)26-18-14-27(2)15-18/h3-13,18,26H,14-15H2,1-2H3. The molecular weight excluding hydrogens is 406 g/mol. The highest BCUT2D eigenvalue weighted by Gasteiger charge is 2.28. The van der Waals surface area contributed by atoms with Crippen LogP contribution in [0.4, 0.5) is 5.00 Å². The lowest BCUT2D eigenvalue weighted by molar-refractivity contribution is 0.104. The molecule has 0 atom stereocenters. The minimum absolute atomic E-state index is 0.0314. The molecule has 0 saturated carbocycles. The summed E-state index contributed by atoms with van der Waals surface area (Å²) >= 11 is 1.48. The average Bonchev–Trinajstić information content (AvgIpc) is 3.11. The molecule has 31 heavy (non-hydrogen) atoms. The Hall–Kier alpha value is -3.22. The van der Waals surface area contributed by atoms with Gasteiger partial charge in [0.15, 0.2) is 5.78 Å². The second-order valence-corrected chi connectivity index (χ2v) is 9.12. The summed E-state index contributed by atoms with van der Waals surface area (Å²) in [4.78, 5) is 29.4. The number of hydrogen-bond acceptors (Lipinski definition) is 5. The van der Waals surface area contributed by atoms with Gasteiger partial charge in [0.25, 0.3) is 5.56 Å². The van der Waals surface area contributed by atoms with Crippen LogP contribution in [0.1, 0.15) is 21.5 Å². The van der Waals surface area contributed by atoms with E-state index in [4.69, 9.17) is 0 Å². The zero-order valence-corrected chi connectivity index (χ0v) is 18.3. The van der Waals surface area contributed by atoms with Crippen LogP contribution in [-0.2, 0) is 0 Å². The highest BCUT2D eigenvalue weighted by molar-refractivity contribution is 7.23. The molecule has 3 heterocycles. The minimum atomic E-state index is -0.105. The molecule has 6 heteroatoms. The van der Waals surface area contributed by atoms with Gasteiger partial charge in [0.05, 0.1) is 17.3 Å². The van der Waals surface area contributed by atoms with Crippen LogP contribution in [0, 0.1) is 6.92 Å². The van der Waals surface area contributed by atoms with Crippen molar-refractivity contribution in [3.05, 3.63) is 93.8 Å². The fourth-order valence-corrected chi connectivity index (χ4v) is 5.35. The number of anilines is 1. The normalized spacial score (nSPS) is 14.5. The molecule has 1 aliphatic heterocycles. The molecule has 0 amide bonds. The van der Waals surface area contributed by atoms with Gasteiger partial charge in [0.1, 0.15) is 9.83 Å². The van der Waals surface area contributed by atoms with Gasteiger partial charge in [-0.2, -0.15) is 0 Å². The maximum absolute atomic E-state index is 13.5. The highest BCUT2D eigenvalue weighted by atomic mass is 32.1. The van der Waals surface area contributed by atoms with E-state index in [-0.39, 0.29) is 11.3 Å². The van der Waals surface area contributed by atoms with Crippen LogP contribution in [0.2, 0.25) is 0 Å². The van der Waals surface area contributed by atoms with Gasteiger partial charge < -0.3 is 10.2 Å². The van der Waals surface area contributed by atoms with Crippen molar-refractivity contribution in [2.75, 3.05) is 25.5 Å². The number of benzene rings is 2. The lowest BCUT2D eigenvalue weighted by Gasteiger charge is -2.37. The quantitative estimate of drug-likeness (QED) is 0.480. The summed E-state index contributed by atoms with van der Waals surface area (Å²) in [5, 5.41) is 5.19. The number of likely N-dealkylation sites (N-methyl/N-ethyl adjacent to an activating group) is 1. The lowest BCUT2D eigenvalue weighted by atomic mass is 10.0. The molecular formula is C25H23N3O2S. The summed E-state index contributed by atoms with van der Waals surface area (Å²) < 4.78 is 1.71. The molecule has 5 rings (SSSR count). The van der Waals surface area contributed by atoms with Gasteiger partial charge in [-0.1, -0.05) is 59.4 Å². The molecule has 0 spiro atoms. The fraction of sp³-hybridized carbons (Fsp3) is 0.200. The topological polar surface area (TPSA) is 54.3 Å².